The predicted octanol–water partition coefficient (Wildman–Crippen LogP) is 1.61. The Balaban J connectivity index is 2.99. The maximum Gasteiger partial charge on any atom is 0.221 e. The summed E-state index contributed by atoms with van der Waals surface area (Å²) in [6, 6.07) is 5.12. The summed E-state index contributed by atoms with van der Waals surface area (Å²) in [7, 11) is 0. The first kappa shape index (κ1) is 11.6. The monoisotopic (exact) mass is 222 g/mol. The molecule has 0 aliphatic rings. The molecule has 0 spiro atoms. The Morgan fingerprint density at radius 2 is 2.33 bits per heavy atom. The van der Waals surface area contributed by atoms with Gasteiger partial charge in [-0.05, 0) is 18.2 Å². The molecule has 15 heavy (non-hydrogen) atoms. The van der Waals surface area contributed by atoms with Gasteiger partial charge in [0.15, 0.2) is 0 Å². The molecule has 0 atom stereocenters. The number of benzene rings is 1. The number of amides is 1. The zero-order chi connectivity index (χ0) is 11.3. The number of nitrogens with one attached hydrogen (secondary N) is 1. The van der Waals surface area contributed by atoms with Gasteiger partial charge in [0.1, 0.15) is 0 Å². The van der Waals surface area contributed by atoms with E-state index in [9.17, 15) is 4.79 Å². The predicted molar refractivity (Wildman–Crippen MR) is 61.7 cm³/mol. The summed E-state index contributed by atoms with van der Waals surface area (Å²) in [5.74, 6) is 5.40. The third-order valence-corrected chi connectivity index (χ3v) is 1.94. The number of anilines is 1. The van der Waals surface area contributed by atoms with E-state index in [1.54, 1.807) is 18.2 Å². The molecule has 3 nitrogen and oxygen atoms in total. The van der Waals surface area contributed by atoms with Crippen molar-refractivity contribution in [2.24, 2.45) is 5.73 Å². The summed E-state index contributed by atoms with van der Waals surface area (Å²) in [5, 5.41) is 3.20. The highest BCUT2D eigenvalue weighted by Crippen LogP contribution is 2.19. The van der Waals surface area contributed by atoms with Gasteiger partial charge in [-0.25, -0.2) is 0 Å². The molecule has 0 aromatic heterocycles. The maximum absolute atomic E-state index is 10.8. The molecule has 1 rings (SSSR count). The van der Waals surface area contributed by atoms with Crippen molar-refractivity contribution in [2.75, 3.05) is 11.9 Å². The van der Waals surface area contributed by atoms with E-state index in [0.717, 1.165) is 0 Å². The van der Waals surface area contributed by atoms with Crippen LogP contribution in [0.25, 0.3) is 0 Å². The fourth-order valence-corrected chi connectivity index (χ4v) is 1.21. The molecular weight excluding hydrogens is 212 g/mol. The number of rotatable bonds is 1. The molecule has 4 heteroatoms. The summed E-state index contributed by atoms with van der Waals surface area (Å²) < 4.78 is 0. The van der Waals surface area contributed by atoms with Gasteiger partial charge in [-0.2, -0.15) is 0 Å². The van der Waals surface area contributed by atoms with E-state index < -0.39 is 0 Å². The van der Waals surface area contributed by atoms with Crippen molar-refractivity contribution in [1.82, 2.24) is 0 Å². The second-order valence-electron chi connectivity index (χ2n) is 2.88. The molecule has 1 aromatic rings. The number of nitrogens with two attached hydrogens (primary N) is 1. The second-order valence-corrected chi connectivity index (χ2v) is 3.29. The molecule has 0 heterocycles. The molecule has 0 radical (unpaired) electrons. The quantitative estimate of drug-likeness (QED) is 0.710. The number of hydrogen-bond donors (Lipinski definition) is 2. The molecule has 0 fully saturated rings. The van der Waals surface area contributed by atoms with Gasteiger partial charge < -0.3 is 11.1 Å². The van der Waals surface area contributed by atoms with Crippen molar-refractivity contribution in [3.63, 3.8) is 0 Å². The lowest BCUT2D eigenvalue weighted by atomic mass is 10.2. The molecule has 1 amide bonds. The third-order valence-electron chi connectivity index (χ3n) is 1.61. The molecule has 0 saturated carbocycles. The zero-order valence-corrected chi connectivity index (χ0v) is 9.06. The van der Waals surface area contributed by atoms with Gasteiger partial charge in [-0.1, -0.05) is 23.4 Å². The molecule has 0 aliphatic heterocycles. The van der Waals surface area contributed by atoms with Crippen LogP contribution in [0.5, 0.6) is 0 Å². The van der Waals surface area contributed by atoms with Crippen molar-refractivity contribution < 1.29 is 4.79 Å². The van der Waals surface area contributed by atoms with Crippen LogP contribution < -0.4 is 11.1 Å². The topological polar surface area (TPSA) is 55.1 Å². The number of hydrogen-bond acceptors (Lipinski definition) is 2. The highest BCUT2D eigenvalue weighted by Gasteiger charge is 2.00. The first-order valence-electron chi connectivity index (χ1n) is 4.39. The molecule has 0 bridgehead atoms. The fraction of sp³-hybridized carbons (Fsp3) is 0.182. The van der Waals surface area contributed by atoms with Crippen LogP contribution in [0.1, 0.15) is 12.5 Å². The zero-order valence-electron chi connectivity index (χ0n) is 8.30. The minimum Gasteiger partial charge on any atom is -0.326 e. The SMILES string of the molecule is CC(=O)Nc1ccc(Cl)c(C#CCN)c1. The van der Waals surface area contributed by atoms with Crippen molar-refractivity contribution in [1.29, 1.82) is 0 Å². The van der Waals surface area contributed by atoms with Gasteiger partial charge in [0.25, 0.3) is 0 Å². The Bertz CT molecular complexity index is 432. The van der Waals surface area contributed by atoms with E-state index in [2.05, 4.69) is 17.2 Å². The van der Waals surface area contributed by atoms with E-state index in [-0.39, 0.29) is 12.5 Å². The fourth-order valence-electron chi connectivity index (χ4n) is 1.05. The van der Waals surface area contributed by atoms with Crippen LogP contribution in [0.2, 0.25) is 5.02 Å². The lowest BCUT2D eigenvalue weighted by Crippen LogP contribution is -2.05. The van der Waals surface area contributed by atoms with Crippen LogP contribution in [0.15, 0.2) is 18.2 Å². The van der Waals surface area contributed by atoms with Crippen LogP contribution in [0.4, 0.5) is 5.69 Å². The van der Waals surface area contributed by atoms with Crippen molar-refractivity contribution in [3.05, 3.63) is 28.8 Å². The Hall–Kier alpha value is -1.50. The van der Waals surface area contributed by atoms with Crippen LogP contribution in [0.3, 0.4) is 0 Å². The largest absolute Gasteiger partial charge is 0.326 e. The van der Waals surface area contributed by atoms with Gasteiger partial charge in [0.2, 0.25) is 5.91 Å². The van der Waals surface area contributed by atoms with Gasteiger partial charge in [-0.3, -0.25) is 4.79 Å². The summed E-state index contributed by atoms with van der Waals surface area (Å²) >= 11 is 5.91. The lowest BCUT2D eigenvalue weighted by molar-refractivity contribution is -0.114. The molecule has 78 valence electrons. The highest BCUT2D eigenvalue weighted by atomic mass is 35.5. The van der Waals surface area contributed by atoms with Crippen molar-refractivity contribution in [3.8, 4) is 11.8 Å². The second kappa shape index (κ2) is 5.40. The minimum absolute atomic E-state index is 0.130. The Labute approximate surface area is 93.6 Å². The van der Waals surface area contributed by atoms with E-state index in [1.807, 2.05) is 0 Å². The van der Waals surface area contributed by atoms with Crippen LogP contribution in [0, 0.1) is 11.8 Å². The van der Waals surface area contributed by atoms with E-state index in [1.165, 1.54) is 6.92 Å². The van der Waals surface area contributed by atoms with Gasteiger partial charge in [0, 0.05) is 18.2 Å². The highest BCUT2D eigenvalue weighted by molar-refractivity contribution is 6.31. The standard InChI is InChI=1S/C11H11ClN2O/c1-8(15)14-10-4-5-11(12)9(7-10)3-2-6-13/h4-5,7H,6,13H2,1H3,(H,14,15). The molecule has 0 unspecified atom stereocenters. The van der Waals surface area contributed by atoms with Crippen LogP contribution in [-0.2, 0) is 4.79 Å². The Morgan fingerprint density at radius 1 is 1.60 bits per heavy atom. The molecule has 0 saturated heterocycles. The average molecular weight is 223 g/mol. The van der Waals surface area contributed by atoms with E-state index in [4.69, 9.17) is 17.3 Å². The Kier molecular flexibility index (Phi) is 4.17. The van der Waals surface area contributed by atoms with E-state index in [0.29, 0.717) is 16.3 Å². The molecule has 1 aromatic carbocycles. The number of carbonyl (C=O) groups excluding carboxylic acids is 1. The maximum atomic E-state index is 10.8. The molecule has 0 aliphatic carbocycles. The van der Waals surface area contributed by atoms with E-state index >= 15 is 0 Å². The first-order valence-corrected chi connectivity index (χ1v) is 4.77. The van der Waals surface area contributed by atoms with Crippen LogP contribution in [-0.4, -0.2) is 12.5 Å². The normalized spacial score (nSPS) is 9.00. The lowest BCUT2D eigenvalue weighted by Gasteiger charge is -2.03. The third kappa shape index (κ3) is 3.62. The first-order chi connectivity index (χ1) is 7.13. The summed E-state index contributed by atoms with van der Waals surface area (Å²) in [4.78, 5) is 10.8. The molecular formula is C11H11ClN2O. The summed E-state index contributed by atoms with van der Waals surface area (Å²) in [6.45, 7) is 1.72. The minimum atomic E-state index is -0.130. The smallest absolute Gasteiger partial charge is 0.221 e. The van der Waals surface area contributed by atoms with Crippen molar-refractivity contribution in [2.45, 2.75) is 6.92 Å². The van der Waals surface area contributed by atoms with Gasteiger partial charge in [0.05, 0.1) is 11.6 Å². The average Bonchev–Trinajstić information content (AvgIpc) is 2.18. The van der Waals surface area contributed by atoms with Gasteiger partial charge >= 0.3 is 0 Å². The van der Waals surface area contributed by atoms with Crippen molar-refractivity contribution >= 4 is 23.2 Å². The molecule has 3 N–H and O–H groups in total. The summed E-state index contributed by atoms with van der Waals surface area (Å²) in [6.07, 6.45) is 0. The van der Waals surface area contributed by atoms with Crippen LogP contribution >= 0.6 is 11.6 Å². The van der Waals surface area contributed by atoms with Gasteiger partial charge in [-0.15, -0.1) is 0 Å². The number of carbonyl (C=O) groups is 1. The summed E-state index contributed by atoms with van der Waals surface area (Å²) in [5.41, 5.74) is 6.59. The Morgan fingerprint density at radius 3 is 2.93 bits per heavy atom. The number of halogens is 1.